The van der Waals surface area contributed by atoms with Gasteiger partial charge < -0.3 is 20.3 Å². The van der Waals surface area contributed by atoms with Gasteiger partial charge in [-0.1, -0.05) is 12.1 Å². The number of benzene rings is 1. The summed E-state index contributed by atoms with van der Waals surface area (Å²) in [5, 5.41) is 6.08. The summed E-state index contributed by atoms with van der Waals surface area (Å²) in [7, 11) is 0. The van der Waals surface area contributed by atoms with Crippen LogP contribution in [0.25, 0.3) is 0 Å². The highest BCUT2D eigenvalue weighted by atomic mass is 16.5. The Morgan fingerprint density at radius 1 is 1.12 bits per heavy atom. The highest BCUT2D eigenvalue weighted by molar-refractivity contribution is 5.94. The molecule has 0 radical (unpaired) electrons. The van der Waals surface area contributed by atoms with Crippen molar-refractivity contribution in [3.63, 3.8) is 0 Å². The molecule has 3 rings (SSSR count). The van der Waals surface area contributed by atoms with Crippen LogP contribution >= 0.6 is 0 Å². The van der Waals surface area contributed by atoms with E-state index in [2.05, 4.69) is 10.6 Å². The maximum atomic E-state index is 12.6. The third-order valence-electron chi connectivity index (χ3n) is 4.81. The van der Waals surface area contributed by atoms with Gasteiger partial charge in [-0.05, 0) is 56.8 Å². The molecular weight excluding hydrogens is 330 g/mol. The van der Waals surface area contributed by atoms with Crippen molar-refractivity contribution in [2.24, 2.45) is 5.92 Å². The Balaban J connectivity index is 1.45. The van der Waals surface area contributed by atoms with Crippen LogP contribution < -0.4 is 10.6 Å². The lowest BCUT2D eigenvalue weighted by Crippen LogP contribution is -2.48. The first-order valence-electron chi connectivity index (χ1n) is 9.52. The van der Waals surface area contributed by atoms with Gasteiger partial charge in [-0.25, -0.2) is 0 Å². The van der Waals surface area contributed by atoms with Crippen molar-refractivity contribution in [3.05, 3.63) is 35.4 Å². The van der Waals surface area contributed by atoms with Crippen molar-refractivity contribution in [3.8, 4) is 0 Å². The average molecular weight is 359 g/mol. The van der Waals surface area contributed by atoms with Gasteiger partial charge in [0, 0.05) is 25.2 Å². The number of rotatable bonds is 7. The first-order chi connectivity index (χ1) is 12.5. The van der Waals surface area contributed by atoms with Crippen LogP contribution in [0.5, 0.6) is 0 Å². The number of nitrogens with zero attached hydrogens (tertiary/aromatic N) is 1. The molecule has 0 spiro atoms. The number of amides is 2. The fourth-order valence-electron chi connectivity index (χ4n) is 3.27. The molecule has 1 saturated carbocycles. The number of hydrogen-bond acceptors (Lipinski definition) is 4. The molecule has 2 aliphatic rings. The van der Waals surface area contributed by atoms with Gasteiger partial charge in [0.25, 0.3) is 5.91 Å². The Morgan fingerprint density at radius 3 is 2.38 bits per heavy atom. The molecule has 2 unspecified atom stereocenters. The van der Waals surface area contributed by atoms with Crippen molar-refractivity contribution in [1.29, 1.82) is 0 Å². The molecule has 1 aromatic carbocycles. The van der Waals surface area contributed by atoms with Crippen LogP contribution in [0.1, 0.15) is 42.6 Å². The Hall–Kier alpha value is -1.92. The molecule has 1 saturated heterocycles. The minimum Gasteiger partial charge on any atom is -0.372 e. The number of hydrogen-bond donors (Lipinski definition) is 2. The highest BCUT2D eigenvalue weighted by Gasteiger charge is 2.26. The minimum absolute atomic E-state index is 0.00194. The molecule has 2 N–H and O–H groups in total. The fourth-order valence-corrected chi connectivity index (χ4v) is 3.27. The van der Waals surface area contributed by atoms with Gasteiger partial charge in [-0.3, -0.25) is 9.59 Å². The molecule has 26 heavy (non-hydrogen) atoms. The lowest BCUT2D eigenvalue weighted by atomic mass is 10.1. The molecule has 0 aromatic heterocycles. The molecule has 1 aliphatic carbocycles. The van der Waals surface area contributed by atoms with Crippen LogP contribution in [0, 0.1) is 5.92 Å². The minimum atomic E-state index is 0.00194. The zero-order chi connectivity index (χ0) is 18.5. The largest absolute Gasteiger partial charge is 0.372 e. The number of carbonyl (C=O) groups is 2. The van der Waals surface area contributed by atoms with Crippen LogP contribution in [0.2, 0.25) is 0 Å². The Labute approximate surface area is 155 Å². The standard InChI is InChI=1S/C20H29N3O3/c1-14-12-23(13-15(2)26-14)20(25)18-7-5-17(6-8-18)10-22-19(24)11-21-9-16-3-4-16/h5-8,14-16,21H,3-4,9-13H2,1-2H3,(H,22,24). The summed E-state index contributed by atoms with van der Waals surface area (Å²) in [5.74, 6) is 0.805. The van der Waals surface area contributed by atoms with Crippen molar-refractivity contribution < 1.29 is 14.3 Å². The van der Waals surface area contributed by atoms with Crippen molar-refractivity contribution in [1.82, 2.24) is 15.5 Å². The van der Waals surface area contributed by atoms with Gasteiger partial charge in [0.1, 0.15) is 0 Å². The van der Waals surface area contributed by atoms with E-state index >= 15 is 0 Å². The van der Waals surface area contributed by atoms with Crippen LogP contribution in [0.3, 0.4) is 0 Å². The summed E-state index contributed by atoms with van der Waals surface area (Å²) in [5.41, 5.74) is 1.66. The van der Waals surface area contributed by atoms with Crippen LogP contribution in [-0.2, 0) is 16.1 Å². The molecule has 1 aliphatic heterocycles. The predicted molar refractivity (Wildman–Crippen MR) is 99.8 cm³/mol. The molecule has 6 heteroatoms. The van der Waals surface area contributed by atoms with E-state index < -0.39 is 0 Å². The number of nitrogens with one attached hydrogen (secondary N) is 2. The summed E-state index contributed by atoms with van der Waals surface area (Å²) in [6.07, 6.45) is 2.68. The Bertz CT molecular complexity index is 618. The van der Waals surface area contributed by atoms with Crippen molar-refractivity contribution in [2.45, 2.75) is 45.4 Å². The first-order valence-corrected chi connectivity index (χ1v) is 9.52. The summed E-state index contributed by atoms with van der Waals surface area (Å²) in [6, 6.07) is 7.47. The topological polar surface area (TPSA) is 70.7 Å². The molecule has 2 atom stereocenters. The van der Waals surface area contributed by atoms with E-state index in [1.807, 2.05) is 43.0 Å². The zero-order valence-corrected chi connectivity index (χ0v) is 15.7. The van der Waals surface area contributed by atoms with Gasteiger partial charge in [0.05, 0.1) is 18.8 Å². The predicted octanol–water partition coefficient (Wildman–Crippen LogP) is 1.55. The van der Waals surface area contributed by atoms with Gasteiger partial charge in [0.2, 0.25) is 5.91 Å². The van der Waals surface area contributed by atoms with Crippen molar-refractivity contribution in [2.75, 3.05) is 26.2 Å². The molecule has 2 amide bonds. The summed E-state index contributed by atoms with van der Waals surface area (Å²) in [4.78, 5) is 26.3. The molecule has 142 valence electrons. The normalized spacial score (nSPS) is 22.9. The fraction of sp³-hybridized carbons (Fsp3) is 0.600. The van der Waals surface area contributed by atoms with Crippen LogP contribution in [0.4, 0.5) is 0 Å². The highest BCUT2D eigenvalue weighted by Crippen LogP contribution is 2.27. The van der Waals surface area contributed by atoms with Gasteiger partial charge in [0.15, 0.2) is 0 Å². The summed E-state index contributed by atoms with van der Waals surface area (Å²) in [6.45, 7) is 6.99. The van der Waals surface area contributed by atoms with Gasteiger partial charge >= 0.3 is 0 Å². The lowest BCUT2D eigenvalue weighted by molar-refractivity contribution is -0.120. The molecule has 0 bridgehead atoms. The third-order valence-corrected chi connectivity index (χ3v) is 4.81. The van der Waals surface area contributed by atoms with Crippen LogP contribution in [0.15, 0.2) is 24.3 Å². The lowest BCUT2D eigenvalue weighted by Gasteiger charge is -2.35. The number of ether oxygens (including phenoxy) is 1. The Kier molecular flexibility index (Phi) is 6.27. The average Bonchev–Trinajstić information content (AvgIpc) is 3.43. The Morgan fingerprint density at radius 2 is 1.77 bits per heavy atom. The monoisotopic (exact) mass is 359 g/mol. The molecule has 1 aromatic rings. The van der Waals surface area contributed by atoms with E-state index in [1.165, 1.54) is 12.8 Å². The zero-order valence-electron chi connectivity index (χ0n) is 15.7. The van der Waals surface area contributed by atoms with E-state index in [9.17, 15) is 9.59 Å². The smallest absolute Gasteiger partial charge is 0.254 e. The second-order valence-corrected chi connectivity index (χ2v) is 7.52. The summed E-state index contributed by atoms with van der Waals surface area (Å²) < 4.78 is 5.68. The first kappa shape index (κ1) is 18.9. The second-order valence-electron chi connectivity index (χ2n) is 7.52. The van der Waals surface area contributed by atoms with E-state index in [1.54, 1.807) is 0 Å². The number of carbonyl (C=O) groups excluding carboxylic acids is 2. The molecular formula is C20H29N3O3. The molecule has 6 nitrogen and oxygen atoms in total. The van der Waals surface area contributed by atoms with E-state index in [0.717, 1.165) is 18.0 Å². The number of morpholine rings is 1. The van der Waals surface area contributed by atoms with E-state index in [4.69, 9.17) is 4.74 Å². The van der Waals surface area contributed by atoms with Gasteiger partial charge in [-0.2, -0.15) is 0 Å². The maximum absolute atomic E-state index is 12.6. The SMILES string of the molecule is CC1CN(C(=O)c2ccc(CNC(=O)CNCC3CC3)cc2)CC(C)O1. The quantitative estimate of drug-likeness (QED) is 0.775. The molecule has 1 heterocycles. The molecule has 2 fully saturated rings. The third kappa shape index (κ3) is 5.54. The van der Waals surface area contributed by atoms with E-state index in [-0.39, 0.29) is 24.0 Å². The summed E-state index contributed by atoms with van der Waals surface area (Å²) >= 11 is 0. The van der Waals surface area contributed by atoms with Crippen LogP contribution in [-0.4, -0.2) is 55.1 Å². The van der Waals surface area contributed by atoms with E-state index in [0.29, 0.717) is 31.7 Å². The van der Waals surface area contributed by atoms with Crippen molar-refractivity contribution >= 4 is 11.8 Å². The maximum Gasteiger partial charge on any atom is 0.254 e. The second kappa shape index (κ2) is 8.64. The van der Waals surface area contributed by atoms with Gasteiger partial charge in [-0.15, -0.1) is 0 Å².